The Bertz CT molecular complexity index is 691. The molecule has 0 aliphatic heterocycles. The maximum absolute atomic E-state index is 12.3. The third kappa shape index (κ3) is 4.71. The van der Waals surface area contributed by atoms with Crippen molar-refractivity contribution < 1.29 is 4.79 Å². The normalized spacial score (nSPS) is 10.3. The molecular formula is C16H17ClN4OS. The van der Waals surface area contributed by atoms with Gasteiger partial charge in [0.05, 0.1) is 11.4 Å². The highest BCUT2D eigenvalue weighted by Crippen LogP contribution is 2.21. The zero-order valence-electron chi connectivity index (χ0n) is 12.6. The third-order valence-corrected chi connectivity index (χ3v) is 4.14. The van der Waals surface area contributed by atoms with E-state index in [0.717, 1.165) is 5.69 Å². The summed E-state index contributed by atoms with van der Waals surface area (Å²) in [5.41, 5.74) is 0.853. The number of nitrogens with zero attached hydrogens (tertiary/aromatic N) is 4. The highest BCUT2D eigenvalue weighted by Gasteiger charge is 2.14. The molecule has 5 nitrogen and oxygen atoms in total. The highest BCUT2D eigenvalue weighted by molar-refractivity contribution is 7.99. The van der Waals surface area contributed by atoms with Crippen molar-refractivity contribution in [3.8, 4) is 5.69 Å². The van der Waals surface area contributed by atoms with E-state index < -0.39 is 0 Å². The molecule has 120 valence electrons. The first-order valence-electron chi connectivity index (χ1n) is 6.94. The predicted molar refractivity (Wildman–Crippen MR) is 94.1 cm³/mol. The molecule has 23 heavy (non-hydrogen) atoms. The van der Waals surface area contributed by atoms with Crippen LogP contribution in [-0.2, 0) is 4.79 Å². The molecule has 2 aromatic rings. The molecule has 2 rings (SSSR count). The lowest BCUT2D eigenvalue weighted by atomic mass is 10.3. The van der Waals surface area contributed by atoms with Gasteiger partial charge in [0.1, 0.15) is 6.33 Å². The van der Waals surface area contributed by atoms with Crippen LogP contribution in [0.2, 0.25) is 5.02 Å². The van der Waals surface area contributed by atoms with Gasteiger partial charge in [-0.05, 0) is 18.2 Å². The number of rotatable bonds is 8. The van der Waals surface area contributed by atoms with Gasteiger partial charge in [-0.15, -0.1) is 23.4 Å². The fraction of sp³-hybridized carbons (Fsp3) is 0.188. The molecule has 0 bridgehead atoms. The van der Waals surface area contributed by atoms with Crippen LogP contribution in [0.25, 0.3) is 5.69 Å². The topological polar surface area (TPSA) is 51.0 Å². The van der Waals surface area contributed by atoms with Gasteiger partial charge in [-0.3, -0.25) is 9.36 Å². The zero-order chi connectivity index (χ0) is 16.7. The van der Waals surface area contributed by atoms with E-state index in [1.54, 1.807) is 34.0 Å². The standard InChI is InChI=1S/C16H17ClN4OS/c1-3-8-20(9-4-2)15(22)11-23-16-19-18-12-21(16)14-7-5-6-13(17)10-14/h3-7,10,12H,1-2,8-9,11H2. The van der Waals surface area contributed by atoms with E-state index in [0.29, 0.717) is 23.3 Å². The van der Waals surface area contributed by atoms with Crippen LogP contribution in [0.3, 0.4) is 0 Å². The molecule has 0 saturated carbocycles. The summed E-state index contributed by atoms with van der Waals surface area (Å²) in [4.78, 5) is 13.9. The van der Waals surface area contributed by atoms with E-state index in [4.69, 9.17) is 11.6 Å². The van der Waals surface area contributed by atoms with E-state index in [-0.39, 0.29) is 11.7 Å². The molecule has 0 spiro atoms. The van der Waals surface area contributed by atoms with Crippen LogP contribution < -0.4 is 0 Å². The Morgan fingerprint density at radius 3 is 2.74 bits per heavy atom. The van der Waals surface area contributed by atoms with Crippen molar-refractivity contribution in [2.45, 2.75) is 5.16 Å². The molecule has 1 heterocycles. The van der Waals surface area contributed by atoms with E-state index >= 15 is 0 Å². The van der Waals surface area contributed by atoms with Crippen molar-refractivity contribution in [3.63, 3.8) is 0 Å². The number of hydrogen-bond acceptors (Lipinski definition) is 4. The van der Waals surface area contributed by atoms with Crippen LogP contribution in [0.4, 0.5) is 0 Å². The summed E-state index contributed by atoms with van der Waals surface area (Å²) in [5, 5.41) is 9.25. The Labute approximate surface area is 144 Å². The average Bonchev–Trinajstić information content (AvgIpc) is 3.01. The molecule has 0 N–H and O–H groups in total. The molecule has 1 aromatic carbocycles. The van der Waals surface area contributed by atoms with Gasteiger partial charge in [0.2, 0.25) is 5.91 Å². The van der Waals surface area contributed by atoms with Gasteiger partial charge in [0, 0.05) is 18.1 Å². The van der Waals surface area contributed by atoms with Crippen LogP contribution in [0.15, 0.2) is 61.1 Å². The third-order valence-electron chi connectivity index (χ3n) is 2.98. The van der Waals surface area contributed by atoms with Gasteiger partial charge in [-0.25, -0.2) is 0 Å². The van der Waals surface area contributed by atoms with Gasteiger partial charge in [0.25, 0.3) is 0 Å². The minimum absolute atomic E-state index is 0.00422. The maximum Gasteiger partial charge on any atom is 0.233 e. The summed E-state index contributed by atoms with van der Waals surface area (Å²) in [6, 6.07) is 7.38. The fourth-order valence-electron chi connectivity index (χ4n) is 1.93. The van der Waals surface area contributed by atoms with Gasteiger partial charge < -0.3 is 4.90 Å². The Morgan fingerprint density at radius 2 is 2.09 bits per heavy atom. The molecule has 1 aromatic heterocycles. The summed E-state index contributed by atoms with van der Waals surface area (Å²) in [5.74, 6) is 0.261. The molecular weight excluding hydrogens is 332 g/mol. The number of aromatic nitrogens is 3. The van der Waals surface area contributed by atoms with Crippen molar-refractivity contribution in [2.24, 2.45) is 0 Å². The smallest absolute Gasteiger partial charge is 0.233 e. The Kier molecular flexibility index (Phi) is 6.43. The first-order chi connectivity index (χ1) is 11.2. The SMILES string of the molecule is C=CCN(CC=C)C(=O)CSc1nncn1-c1cccc(Cl)c1. The molecule has 7 heteroatoms. The molecule has 1 amide bonds. The highest BCUT2D eigenvalue weighted by atomic mass is 35.5. The van der Waals surface area contributed by atoms with Crippen molar-refractivity contribution in [2.75, 3.05) is 18.8 Å². The molecule has 0 unspecified atom stereocenters. The first kappa shape index (κ1) is 17.3. The van der Waals surface area contributed by atoms with Gasteiger partial charge in [-0.2, -0.15) is 0 Å². The Balaban J connectivity index is 2.07. The van der Waals surface area contributed by atoms with Crippen molar-refractivity contribution >= 4 is 29.3 Å². The second kappa shape index (κ2) is 8.55. The Morgan fingerprint density at radius 1 is 1.35 bits per heavy atom. The zero-order valence-corrected chi connectivity index (χ0v) is 14.1. The van der Waals surface area contributed by atoms with E-state index in [2.05, 4.69) is 23.4 Å². The summed E-state index contributed by atoms with van der Waals surface area (Å²) < 4.78 is 1.80. The number of hydrogen-bond donors (Lipinski definition) is 0. The Hall–Kier alpha value is -2.05. The van der Waals surface area contributed by atoms with Crippen molar-refractivity contribution in [1.82, 2.24) is 19.7 Å². The number of carbonyl (C=O) groups is 1. The van der Waals surface area contributed by atoms with E-state index in [9.17, 15) is 4.79 Å². The van der Waals surface area contributed by atoms with Crippen LogP contribution in [0, 0.1) is 0 Å². The molecule has 0 saturated heterocycles. The van der Waals surface area contributed by atoms with E-state index in [1.165, 1.54) is 11.8 Å². The average molecular weight is 349 g/mol. The van der Waals surface area contributed by atoms with Crippen LogP contribution >= 0.6 is 23.4 Å². The second-order valence-electron chi connectivity index (χ2n) is 4.63. The van der Waals surface area contributed by atoms with Crippen LogP contribution in [0.5, 0.6) is 0 Å². The molecule has 0 atom stereocenters. The second-order valence-corrected chi connectivity index (χ2v) is 6.01. The lowest BCUT2D eigenvalue weighted by molar-refractivity contribution is -0.127. The quantitative estimate of drug-likeness (QED) is 0.543. The van der Waals surface area contributed by atoms with Crippen molar-refractivity contribution in [1.29, 1.82) is 0 Å². The summed E-state index contributed by atoms with van der Waals surface area (Å²) >= 11 is 7.34. The summed E-state index contributed by atoms with van der Waals surface area (Å²) in [7, 11) is 0. The number of carbonyl (C=O) groups excluding carboxylic acids is 1. The van der Waals surface area contributed by atoms with E-state index in [1.807, 2.05) is 18.2 Å². The maximum atomic E-state index is 12.3. The number of amides is 1. The monoisotopic (exact) mass is 348 g/mol. The predicted octanol–water partition coefficient (Wildman–Crippen LogP) is 3.21. The number of benzene rings is 1. The number of halogens is 1. The van der Waals surface area contributed by atoms with Crippen molar-refractivity contribution in [3.05, 3.63) is 60.9 Å². The van der Waals surface area contributed by atoms with Crippen LogP contribution in [0.1, 0.15) is 0 Å². The minimum atomic E-state index is -0.00422. The van der Waals surface area contributed by atoms with Gasteiger partial charge >= 0.3 is 0 Å². The summed E-state index contributed by atoms with van der Waals surface area (Å²) in [6.07, 6.45) is 4.99. The van der Waals surface area contributed by atoms with Gasteiger partial charge in [0.15, 0.2) is 5.16 Å². The molecule has 0 aliphatic carbocycles. The minimum Gasteiger partial charge on any atom is -0.335 e. The molecule has 0 aliphatic rings. The molecule has 0 radical (unpaired) electrons. The first-order valence-corrected chi connectivity index (χ1v) is 8.30. The summed E-state index contributed by atoms with van der Waals surface area (Å²) in [6.45, 7) is 8.31. The number of thioether (sulfide) groups is 1. The van der Waals surface area contributed by atoms with Crippen LogP contribution in [-0.4, -0.2) is 44.4 Å². The van der Waals surface area contributed by atoms with Gasteiger partial charge in [-0.1, -0.05) is 41.6 Å². The fourth-order valence-corrected chi connectivity index (χ4v) is 2.95. The largest absolute Gasteiger partial charge is 0.335 e. The lowest BCUT2D eigenvalue weighted by Gasteiger charge is -2.18. The molecule has 0 fully saturated rings. The lowest BCUT2D eigenvalue weighted by Crippen LogP contribution is -2.32.